The van der Waals surface area contributed by atoms with E-state index in [1.54, 1.807) is 0 Å². The average Bonchev–Trinajstić information content (AvgIpc) is 2.92. The number of hydrogen-bond acceptors (Lipinski definition) is 6. The van der Waals surface area contributed by atoms with Crippen molar-refractivity contribution in [1.82, 2.24) is 20.2 Å². The average molecular weight is 355 g/mol. The standard InChI is InChI=1S/C13H11F2N5O3S/c1-2-24(21,22)20-12-8-6-16-13(17-11(8)18-19-12)23-10-4-3-7(14)5-9(10)15/h3-6H,2H2,1H3,(H2,16,17,18,19,20). The number of nitrogens with zero attached hydrogens (tertiary/aromatic N) is 3. The van der Waals surface area contributed by atoms with Crippen LogP contribution in [0.3, 0.4) is 0 Å². The molecule has 0 bridgehead atoms. The van der Waals surface area contributed by atoms with Gasteiger partial charge in [0.1, 0.15) is 5.82 Å². The summed E-state index contributed by atoms with van der Waals surface area (Å²) >= 11 is 0. The van der Waals surface area contributed by atoms with Crippen molar-refractivity contribution in [3.05, 3.63) is 36.0 Å². The normalized spacial score (nSPS) is 11.6. The van der Waals surface area contributed by atoms with Gasteiger partial charge in [-0.05, 0) is 19.1 Å². The van der Waals surface area contributed by atoms with E-state index in [0.717, 1.165) is 12.1 Å². The van der Waals surface area contributed by atoms with E-state index < -0.39 is 21.7 Å². The van der Waals surface area contributed by atoms with Gasteiger partial charge in [0.05, 0.1) is 11.1 Å². The lowest BCUT2D eigenvalue weighted by Gasteiger charge is -2.05. The number of nitrogens with one attached hydrogen (secondary N) is 2. The maximum atomic E-state index is 13.6. The van der Waals surface area contributed by atoms with Gasteiger partial charge >= 0.3 is 6.01 Å². The van der Waals surface area contributed by atoms with Crippen molar-refractivity contribution in [2.45, 2.75) is 6.92 Å². The first-order chi connectivity index (χ1) is 11.4. The van der Waals surface area contributed by atoms with Crippen LogP contribution in [0.5, 0.6) is 11.8 Å². The number of halogens is 2. The van der Waals surface area contributed by atoms with Gasteiger partial charge in [-0.15, -0.1) is 0 Å². The summed E-state index contributed by atoms with van der Waals surface area (Å²) < 4.78 is 57.0. The van der Waals surface area contributed by atoms with E-state index in [-0.39, 0.29) is 29.0 Å². The predicted molar refractivity (Wildman–Crippen MR) is 81.2 cm³/mol. The molecule has 0 amide bonds. The third-order valence-corrected chi connectivity index (χ3v) is 4.29. The summed E-state index contributed by atoms with van der Waals surface area (Å²) in [6, 6.07) is 2.60. The molecule has 0 aliphatic heterocycles. The fourth-order valence-electron chi connectivity index (χ4n) is 1.80. The first kappa shape index (κ1) is 16.1. The van der Waals surface area contributed by atoms with E-state index in [2.05, 4.69) is 24.9 Å². The minimum atomic E-state index is -3.51. The molecule has 8 nitrogen and oxygen atoms in total. The molecule has 0 unspecified atom stereocenters. The largest absolute Gasteiger partial charge is 0.421 e. The molecule has 0 aliphatic carbocycles. The molecule has 126 valence electrons. The van der Waals surface area contributed by atoms with Crippen molar-refractivity contribution in [2.24, 2.45) is 0 Å². The zero-order chi connectivity index (χ0) is 17.3. The van der Waals surface area contributed by atoms with E-state index >= 15 is 0 Å². The van der Waals surface area contributed by atoms with Gasteiger partial charge in [0, 0.05) is 12.3 Å². The van der Waals surface area contributed by atoms with E-state index in [1.807, 2.05) is 0 Å². The van der Waals surface area contributed by atoms with Gasteiger partial charge < -0.3 is 4.74 Å². The third-order valence-electron chi connectivity index (χ3n) is 3.02. The SMILES string of the molecule is CCS(=O)(=O)Nc1n[nH]c2nc(Oc3ccc(F)cc3F)ncc12. The molecule has 0 fully saturated rings. The summed E-state index contributed by atoms with van der Waals surface area (Å²) in [5.41, 5.74) is 0.191. The zero-order valence-corrected chi connectivity index (χ0v) is 13.1. The lowest BCUT2D eigenvalue weighted by molar-refractivity contribution is 0.409. The summed E-state index contributed by atoms with van der Waals surface area (Å²) in [7, 11) is -3.51. The van der Waals surface area contributed by atoms with Crippen LogP contribution in [0.2, 0.25) is 0 Å². The Balaban J connectivity index is 1.90. The maximum Gasteiger partial charge on any atom is 0.324 e. The highest BCUT2D eigenvalue weighted by Crippen LogP contribution is 2.25. The maximum absolute atomic E-state index is 13.6. The second kappa shape index (κ2) is 6.00. The fraction of sp³-hybridized carbons (Fsp3) is 0.154. The van der Waals surface area contributed by atoms with Crippen LogP contribution in [0.4, 0.5) is 14.6 Å². The second-order valence-electron chi connectivity index (χ2n) is 4.67. The molecule has 11 heteroatoms. The van der Waals surface area contributed by atoms with Gasteiger partial charge in [-0.25, -0.2) is 22.2 Å². The molecule has 3 rings (SSSR count). The third kappa shape index (κ3) is 3.25. The number of hydrogen-bond donors (Lipinski definition) is 2. The Hall–Kier alpha value is -2.82. The topological polar surface area (TPSA) is 110 Å². The van der Waals surface area contributed by atoms with Crippen LogP contribution >= 0.6 is 0 Å². The Morgan fingerprint density at radius 3 is 2.83 bits per heavy atom. The molecule has 2 N–H and O–H groups in total. The number of anilines is 1. The Morgan fingerprint density at radius 2 is 2.12 bits per heavy atom. The number of aromatic nitrogens is 4. The van der Waals surface area contributed by atoms with Crippen LogP contribution in [0.25, 0.3) is 11.0 Å². The lowest BCUT2D eigenvalue weighted by Crippen LogP contribution is -2.15. The van der Waals surface area contributed by atoms with Crippen molar-refractivity contribution in [3.8, 4) is 11.8 Å². The van der Waals surface area contributed by atoms with Crippen LogP contribution in [-0.4, -0.2) is 34.3 Å². The van der Waals surface area contributed by atoms with Crippen LogP contribution in [0, 0.1) is 11.6 Å². The molecule has 0 spiro atoms. The highest BCUT2D eigenvalue weighted by molar-refractivity contribution is 7.92. The van der Waals surface area contributed by atoms with Gasteiger partial charge in [-0.1, -0.05) is 0 Å². The smallest absolute Gasteiger partial charge is 0.324 e. The Bertz CT molecular complexity index is 1010. The number of ether oxygens (including phenoxy) is 1. The summed E-state index contributed by atoms with van der Waals surface area (Å²) in [5.74, 6) is -1.96. The van der Waals surface area contributed by atoms with Crippen LogP contribution in [-0.2, 0) is 10.0 Å². The highest BCUT2D eigenvalue weighted by Gasteiger charge is 2.15. The monoisotopic (exact) mass is 355 g/mol. The van der Waals surface area contributed by atoms with E-state index in [1.165, 1.54) is 13.1 Å². The van der Waals surface area contributed by atoms with Gasteiger partial charge in [-0.3, -0.25) is 9.82 Å². The van der Waals surface area contributed by atoms with Crippen molar-refractivity contribution in [1.29, 1.82) is 0 Å². The molecule has 2 heterocycles. The molecule has 3 aromatic rings. The molecule has 0 saturated carbocycles. The number of aromatic amines is 1. The van der Waals surface area contributed by atoms with Crippen molar-refractivity contribution in [3.63, 3.8) is 0 Å². The predicted octanol–water partition coefficient (Wildman–Crippen LogP) is 2.18. The molecule has 24 heavy (non-hydrogen) atoms. The van der Waals surface area contributed by atoms with Crippen molar-refractivity contribution >= 4 is 26.9 Å². The van der Waals surface area contributed by atoms with Crippen LogP contribution in [0.1, 0.15) is 6.92 Å². The fourth-order valence-corrected chi connectivity index (χ4v) is 2.39. The molecular weight excluding hydrogens is 344 g/mol. The lowest BCUT2D eigenvalue weighted by atomic mass is 10.3. The summed E-state index contributed by atoms with van der Waals surface area (Å²) in [5, 5.41) is 6.65. The van der Waals surface area contributed by atoms with Crippen molar-refractivity contribution < 1.29 is 21.9 Å². The number of benzene rings is 1. The van der Waals surface area contributed by atoms with Gasteiger partial charge in [0.2, 0.25) is 10.0 Å². The van der Waals surface area contributed by atoms with E-state index in [9.17, 15) is 17.2 Å². The summed E-state index contributed by atoms with van der Waals surface area (Å²) in [4.78, 5) is 7.83. The minimum Gasteiger partial charge on any atom is -0.421 e. The molecule has 2 aromatic heterocycles. The van der Waals surface area contributed by atoms with Crippen LogP contribution < -0.4 is 9.46 Å². The molecule has 0 aliphatic rings. The Kier molecular flexibility index (Phi) is 4.01. The molecule has 1 aromatic carbocycles. The Labute approximate surface area is 134 Å². The zero-order valence-electron chi connectivity index (χ0n) is 12.2. The summed E-state index contributed by atoms with van der Waals surface area (Å²) in [6.45, 7) is 1.48. The van der Waals surface area contributed by atoms with Gasteiger partial charge in [0.15, 0.2) is 23.0 Å². The Morgan fingerprint density at radius 1 is 1.33 bits per heavy atom. The van der Waals surface area contributed by atoms with E-state index in [4.69, 9.17) is 4.74 Å². The minimum absolute atomic E-state index is 0.0476. The van der Waals surface area contributed by atoms with Gasteiger partial charge in [-0.2, -0.15) is 10.1 Å². The highest BCUT2D eigenvalue weighted by atomic mass is 32.2. The number of rotatable bonds is 5. The second-order valence-corrected chi connectivity index (χ2v) is 6.68. The first-order valence-corrected chi connectivity index (χ1v) is 8.37. The van der Waals surface area contributed by atoms with Gasteiger partial charge in [0.25, 0.3) is 0 Å². The molecule has 0 radical (unpaired) electrons. The first-order valence-electron chi connectivity index (χ1n) is 6.72. The number of fused-ring (bicyclic) bond motifs is 1. The van der Waals surface area contributed by atoms with E-state index in [0.29, 0.717) is 11.5 Å². The number of sulfonamides is 1. The quantitative estimate of drug-likeness (QED) is 0.726. The van der Waals surface area contributed by atoms with Crippen LogP contribution in [0.15, 0.2) is 24.4 Å². The molecule has 0 atom stereocenters. The summed E-state index contributed by atoms with van der Waals surface area (Å²) in [6.07, 6.45) is 1.27. The molecular formula is C13H11F2N5O3S. The molecule has 0 saturated heterocycles. The van der Waals surface area contributed by atoms with Crippen molar-refractivity contribution in [2.75, 3.05) is 10.5 Å². The number of H-pyrrole nitrogens is 1.